The van der Waals surface area contributed by atoms with Crippen LogP contribution in [-0.4, -0.2) is 30.4 Å². The summed E-state index contributed by atoms with van der Waals surface area (Å²) < 4.78 is 5.35. The molecule has 2 amide bonds. The van der Waals surface area contributed by atoms with E-state index in [9.17, 15) is 19.7 Å². The second kappa shape index (κ2) is 7.95. The van der Waals surface area contributed by atoms with Gasteiger partial charge in [-0.3, -0.25) is 19.7 Å². The van der Waals surface area contributed by atoms with Crippen molar-refractivity contribution in [1.82, 2.24) is 0 Å². The van der Waals surface area contributed by atoms with Crippen molar-refractivity contribution in [1.29, 1.82) is 0 Å². The minimum absolute atomic E-state index is 0.00202. The molecule has 1 aliphatic heterocycles. The van der Waals surface area contributed by atoms with Crippen molar-refractivity contribution in [2.45, 2.75) is 19.3 Å². The van der Waals surface area contributed by atoms with Crippen LogP contribution in [0.3, 0.4) is 0 Å². The van der Waals surface area contributed by atoms with Crippen LogP contribution in [0.1, 0.15) is 29.6 Å². The van der Waals surface area contributed by atoms with Gasteiger partial charge in [0.05, 0.1) is 17.7 Å². The van der Waals surface area contributed by atoms with Crippen LogP contribution < -0.4 is 20.7 Å². The van der Waals surface area contributed by atoms with Gasteiger partial charge < -0.3 is 20.7 Å². The Labute approximate surface area is 161 Å². The van der Waals surface area contributed by atoms with E-state index in [0.29, 0.717) is 30.1 Å². The monoisotopic (exact) mass is 384 g/mol. The van der Waals surface area contributed by atoms with E-state index in [1.807, 2.05) is 0 Å². The number of nitro benzene ring substituents is 1. The summed E-state index contributed by atoms with van der Waals surface area (Å²) >= 11 is 0. The molecule has 1 heterocycles. The van der Waals surface area contributed by atoms with E-state index in [4.69, 9.17) is 10.5 Å². The smallest absolute Gasteiger partial charge is 0.292 e. The van der Waals surface area contributed by atoms with Gasteiger partial charge in [0.1, 0.15) is 11.4 Å². The summed E-state index contributed by atoms with van der Waals surface area (Å²) in [7, 11) is 1.51. The predicted octanol–water partition coefficient (Wildman–Crippen LogP) is 2.95. The van der Waals surface area contributed by atoms with Crippen LogP contribution in [0.15, 0.2) is 36.4 Å². The third-order valence-corrected chi connectivity index (χ3v) is 4.54. The van der Waals surface area contributed by atoms with Crippen LogP contribution in [0.4, 0.5) is 22.7 Å². The molecular weight excluding hydrogens is 364 g/mol. The topological polar surface area (TPSA) is 128 Å². The van der Waals surface area contributed by atoms with Gasteiger partial charge in [-0.1, -0.05) is 0 Å². The summed E-state index contributed by atoms with van der Waals surface area (Å²) in [4.78, 5) is 36.8. The number of hydrogen-bond donors (Lipinski definition) is 2. The first-order valence-electron chi connectivity index (χ1n) is 8.74. The summed E-state index contributed by atoms with van der Waals surface area (Å²) in [6.07, 6.45) is 2.21. The molecule has 0 unspecified atom stereocenters. The van der Waals surface area contributed by atoms with Crippen molar-refractivity contribution in [3.05, 3.63) is 52.1 Å². The van der Waals surface area contributed by atoms with Crippen molar-refractivity contribution in [2.75, 3.05) is 29.6 Å². The van der Waals surface area contributed by atoms with Gasteiger partial charge in [0.2, 0.25) is 5.91 Å². The molecule has 9 heteroatoms. The molecule has 2 aromatic rings. The molecule has 3 rings (SSSR count). The number of hydrogen-bond acceptors (Lipinski definition) is 6. The number of methoxy groups -OCH3 is 1. The zero-order chi connectivity index (χ0) is 20.3. The Morgan fingerprint density at radius 3 is 2.71 bits per heavy atom. The minimum atomic E-state index is -0.639. The minimum Gasteiger partial charge on any atom is -0.495 e. The lowest BCUT2D eigenvalue weighted by Crippen LogP contribution is -2.35. The molecule has 2 aromatic carbocycles. The number of nitrogens with one attached hydrogen (secondary N) is 1. The van der Waals surface area contributed by atoms with Crippen molar-refractivity contribution in [3.63, 3.8) is 0 Å². The van der Waals surface area contributed by atoms with Gasteiger partial charge in [-0.05, 0) is 43.2 Å². The lowest BCUT2D eigenvalue weighted by Gasteiger charge is -2.28. The number of anilines is 3. The highest BCUT2D eigenvalue weighted by atomic mass is 16.6. The van der Waals surface area contributed by atoms with Crippen LogP contribution in [-0.2, 0) is 4.79 Å². The van der Waals surface area contributed by atoms with E-state index < -0.39 is 10.8 Å². The number of nitrogen functional groups attached to an aromatic ring is 1. The maximum absolute atomic E-state index is 12.5. The molecule has 0 saturated carbocycles. The van der Waals surface area contributed by atoms with Gasteiger partial charge in [0.25, 0.3) is 11.6 Å². The van der Waals surface area contributed by atoms with E-state index in [0.717, 1.165) is 18.9 Å². The number of nitrogens with two attached hydrogens (primary N) is 1. The number of rotatable bonds is 5. The summed E-state index contributed by atoms with van der Waals surface area (Å²) in [6.45, 7) is 0.580. The number of ether oxygens (including phenoxy) is 1. The first-order chi connectivity index (χ1) is 13.4. The number of amides is 2. The van der Waals surface area contributed by atoms with Gasteiger partial charge in [-0.15, -0.1) is 0 Å². The molecule has 1 saturated heterocycles. The van der Waals surface area contributed by atoms with Crippen molar-refractivity contribution < 1.29 is 19.2 Å². The van der Waals surface area contributed by atoms with Crippen LogP contribution in [0, 0.1) is 10.1 Å². The zero-order valence-corrected chi connectivity index (χ0v) is 15.3. The molecule has 1 fully saturated rings. The number of nitro groups is 1. The van der Waals surface area contributed by atoms with E-state index in [1.54, 1.807) is 23.1 Å². The highest BCUT2D eigenvalue weighted by Crippen LogP contribution is 2.34. The first kappa shape index (κ1) is 19.2. The standard InChI is InChI=1S/C19H20N4O5/c1-28-17-8-6-13(11-16(17)22-9-3-2-4-18(22)24)21-19(25)12-5-7-14(20)15(10-12)23(26)27/h5-8,10-11H,2-4,9,20H2,1H3,(H,21,25). The van der Waals surface area contributed by atoms with Gasteiger partial charge in [0, 0.05) is 30.3 Å². The van der Waals surface area contributed by atoms with Crippen molar-refractivity contribution in [3.8, 4) is 5.75 Å². The highest BCUT2D eigenvalue weighted by Gasteiger charge is 2.23. The highest BCUT2D eigenvalue weighted by molar-refractivity contribution is 6.06. The molecule has 9 nitrogen and oxygen atoms in total. The van der Waals surface area contributed by atoms with Gasteiger partial charge >= 0.3 is 0 Å². The lowest BCUT2D eigenvalue weighted by molar-refractivity contribution is -0.383. The molecule has 0 aromatic heterocycles. The fourth-order valence-corrected chi connectivity index (χ4v) is 3.09. The van der Waals surface area contributed by atoms with Crippen molar-refractivity contribution >= 4 is 34.6 Å². The number of benzene rings is 2. The lowest BCUT2D eigenvalue weighted by atomic mass is 10.1. The largest absolute Gasteiger partial charge is 0.495 e. The molecule has 0 radical (unpaired) electrons. The third kappa shape index (κ3) is 3.88. The SMILES string of the molecule is COc1ccc(NC(=O)c2ccc(N)c([N+](=O)[O-])c2)cc1N1CCCCC1=O. The summed E-state index contributed by atoms with van der Waals surface area (Å²) in [5, 5.41) is 13.7. The van der Waals surface area contributed by atoms with Crippen LogP contribution in [0.5, 0.6) is 5.75 Å². The quantitative estimate of drug-likeness (QED) is 0.463. The Kier molecular flexibility index (Phi) is 5.44. The Bertz CT molecular complexity index is 944. The zero-order valence-electron chi connectivity index (χ0n) is 15.3. The van der Waals surface area contributed by atoms with Gasteiger partial charge in [-0.25, -0.2) is 0 Å². The Morgan fingerprint density at radius 1 is 1.25 bits per heavy atom. The fraction of sp³-hybridized carbons (Fsp3) is 0.263. The van der Waals surface area contributed by atoms with E-state index in [1.165, 1.54) is 19.2 Å². The molecule has 0 spiro atoms. The van der Waals surface area contributed by atoms with Crippen LogP contribution in [0.25, 0.3) is 0 Å². The van der Waals surface area contributed by atoms with E-state index >= 15 is 0 Å². The van der Waals surface area contributed by atoms with Crippen molar-refractivity contribution in [2.24, 2.45) is 0 Å². The van der Waals surface area contributed by atoms with Crippen LogP contribution in [0.2, 0.25) is 0 Å². The molecular formula is C19H20N4O5. The summed E-state index contributed by atoms with van der Waals surface area (Å²) in [5.74, 6) is 0.00254. The van der Waals surface area contributed by atoms with Gasteiger partial charge in [0.15, 0.2) is 0 Å². The molecule has 1 aliphatic rings. The van der Waals surface area contributed by atoms with E-state index in [-0.39, 0.29) is 22.8 Å². The van der Waals surface area contributed by atoms with Crippen LogP contribution >= 0.6 is 0 Å². The molecule has 0 bridgehead atoms. The summed E-state index contributed by atoms with van der Waals surface area (Å²) in [5.41, 5.74) is 6.34. The predicted molar refractivity (Wildman–Crippen MR) is 105 cm³/mol. The Balaban J connectivity index is 1.87. The molecule has 0 aliphatic carbocycles. The Hall–Kier alpha value is -3.62. The average molecular weight is 384 g/mol. The normalized spacial score (nSPS) is 13.9. The first-order valence-corrected chi connectivity index (χ1v) is 8.74. The Morgan fingerprint density at radius 2 is 2.04 bits per heavy atom. The molecule has 0 atom stereocenters. The van der Waals surface area contributed by atoms with Gasteiger partial charge in [-0.2, -0.15) is 0 Å². The molecule has 3 N–H and O–H groups in total. The summed E-state index contributed by atoms with van der Waals surface area (Å²) in [6, 6.07) is 8.82. The fourth-order valence-electron chi connectivity index (χ4n) is 3.09. The number of carbonyl (C=O) groups is 2. The number of carbonyl (C=O) groups excluding carboxylic acids is 2. The average Bonchev–Trinajstić information content (AvgIpc) is 2.68. The molecule has 28 heavy (non-hydrogen) atoms. The van der Waals surface area contributed by atoms with E-state index in [2.05, 4.69) is 5.32 Å². The number of nitrogens with zero attached hydrogens (tertiary/aromatic N) is 2. The molecule has 146 valence electrons. The maximum atomic E-state index is 12.5. The second-order valence-electron chi connectivity index (χ2n) is 6.37. The third-order valence-electron chi connectivity index (χ3n) is 4.54. The number of piperidine rings is 1. The maximum Gasteiger partial charge on any atom is 0.292 e. The second-order valence-corrected chi connectivity index (χ2v) is 6.37.